The summed E-state index contributed by atoms with van der Waals surface area (Å²) in [5.41, 5.74) is -0.359. The van der Waals surface area contributed by atoms with Gasteiger partial charge in [-0.3, -0.25) is 0 Å². The van der Waals surface area contributed by atoms with E-state index in [2.05, 4.69) is 27.6 Å². The van der Waals surface area contributed by atoms with E-state index in [-0.39, 0.29) is 18.3 Å². The fourth-order valence-electron chi connectivity index (χ4n) is 1.60. The number of hydrogen-bond acceptors (Lipinski definition) is 4. The van der Waals surface area contributed by atoms with Crippen LogP contribution < -0.4 is 0 Å². The van der Waals surface area contributed by atoms with Gasteiger partial charge in [-0.2, -0.15) is 0 Å². The highest BCUT2D eigenvalue weighted by Gasteiger charge is 2.37. The minimum Gasteiger partial charge on any atom is -0.393 e. The van der Waals surface area contributed by atoms with E-state index in [4.69, 9.17) is 9.84 Å². The van der Waals surface area contributed by atoms with Crippen molar-refractivity contribution >= 4 is 33.9 Å². The monoisotopic (exact) mass is 325 g/mol. The minimum absolute atomic E-state index is 0.0839. The van der Waals surface area contributed by atoms with Crippen molar-refractivity contribution in [3.8, 4) is 0 Å². The zero-order valence-electron chi connectivity index (χ0n) is 7.86. The van der Waals surface area contributed by atoms with Crippen LogP contribution in [0.2, 0.25) is 0 Å². The Morgan fingerprint density at radius 2 is 2.64 bits per heavy atom. The van der Waals surface area contributed by atoms with E-state index in [9.17, 15) is 0 Å². The van der Waals surface area contributed by atoms with Crippen LogP contribution in [0.15, 0.2) is 6.20 Å². The standard InChI is InChI=1S/C9H12INO2S/c1-9(5-12)3-2-6(13-9)8-11-4-7(10)14-8/h4,6,12H,2-3,5H2,1H3. The lowest BCUT2D eigenvalue weighted by atomic mass is 10.0. The summed E-state index contributed by atoms with van der Waals surface area (Å²) in [6.07, 6.45) is 3.81. The molecule has 78 valence electrons. The van der Waals surface area contributed by atoms with E-state index in [0.717, 1.165) is 17.8 Å². The minimum atomic E-state index is -0.359. The predicted molar refractivity (Wildman–Crippen MR) is 63.4 cm³/mol. The van der Waals surface area contributed by atoms with Gasteiger partial charge in [0.15, 0.2) is 0 Å². The van der Waals surface area contributed by atoms with Crippen LogP contribution in [-0.2, 0) is 4.74 Å². The van der Waals surface area contributed by atoms with Crippen LogP contribution in [-0.4, -0.2) is 22.3 Å². The molecule has 1 aliphatic rings. The van der Waals surface area contributed by atoms with Crippen LogP contribution >= 0.6 is 33.9 Å². The second-order valence-corrected chi connectivity index (χ2v) is 6.71. The summed E-state index contributed by atoms with van der Waals surface area (Å²) < 4.78 is 6.97. The van der Waals surface area contributed by atoms with Crippen LogP contribution in [0.5, 0.6) is 0 Å². The summed E-state index contributed by atoms with van der Waals surface area (Å²) in [5.74, 6) is 0. The summed E-state index contributed by atoms with van der Waals surface area (Å²) in [6, 6.07) is 0. The third-order valence-electron chi connectivity index (χ3n) is 2.47. The van der Waals surface area contributed by atoms with Crippen molar-refractivity contribution < 1.29 is 9.84 Å². The number of rotatable bonds is 2. The number of aromatic nitrogens is 1. The fraction of sp³-hybridized carbons (Fsp3) is 0.667. The lowest BCUT2D eigenvalue weighted by molar-refractivity contribution is -0.0618. The van der Waals surface area contributed by atoms with E-state index in [1.807, 2.05) is 13.1 Å². The van der Waals surface area contributed by atoms with Crippen molar-refractivity contribution in [2.24, 2.45) is 0 Å². The molecule has 0 radical (unpaired) electrons. The topological polar surface area (TPSA) is 42.4 Å². The van der Waals surface area contributed by atoms with Gasteiger partial charge in [0.25, 0.3) is 0 Å². The second kappa shape index (κ2) is 4.03. The van der Waals surface area contributed by atoms with Gasteiger partial charge in [0.2, 0.25) is 0 Å². The number of aliphatic hydroxyl groups excluding tert-OH is 1. The van der Waals surface area contributed by atoms with Crippen molar-refractivity contribution in [2.45, 2.75) is 31.5 Å². The van der Waals surface area contributed by atoms with Gasteiger partial charge in [-0.05, 0) is 42.4 Å². The molecule has 0 spiro atoms. The van der Waals surface area contributed by atoms with Crippen LogP contribution in [0.1, 0.15) is 30.9 Å². The average Bonchev–Trinajstić information content (AvgIpc) is 2.73. The Kier molecular flexibility index (Phi) is 3.11. The lowest BCUT2D eigenvalue weighted by Crippen LogP contribution is -2.27. The number of ether oxygens (including phenoxy) is 1. The molecule has 0 bridgehead atoms. The van der Waals surface area contributed by atoms with Gasteiger partial charge in [-0.25, -0.2) is 4.98 Å². The molecule has 0 aliphatic carbocycles. The first-order chi connectivity index (χ1) is 6.63. The van der Waals surface area contributed by atoms with Crippen LogP contribution in [0, 0.1) is 2.88 Å². The molecule has 2 atom stereocenters. The molecule has 1 saturated heterocycles. The Morgan fingerprint density at radius 1 is 1.86 bits per heavy atom. The van der Waals surface area contributed by atoms with Crippen LogP contribution in [0.3, 0.4) is 0 Å². The zero-order valence-corrected chi connectivity index (χ0v) is 10.8. The molecule has 1 aliphatic heterocycles. The fourth-order valence-corrected chi connectivity index (χ4v) is 3.13. The lowest BCUT2D eigenvalue weighted by Gasteiger charge is -2.21. The third-order valence-corrected chi connectivity index (χ3v) is 4.28. The smallest absolute Gasteiger partial charge is 0.123 e. The predicted octanol–water partition coefficient (Wildman–Crippen LogP) is 2.35. The molecule has 1 fully saturated rings. The average molecular weight is 325 g/mol. The summed E-state index contributed by atoms with van der Waals surface area (Å²) in [4.78, 5) is 4.30. The Bertz CT molecular complexity index is 330. The van der Waals surface area contributed by atoms with Gasteiger partial charge in [0, 0.05) is 0 Å². The maximum absolute atomic E-state index is 9.15. The summed E-state index contributed by atoms with van der Waals surface area (Å²) in [5, 5.41) is 10.2. The number of aliphatic hydroxyl groups is 1. The van der Waals surface area contributed by atoms with E-state index in [1.165, 1.54) is 2.88 Å². The van der Waals surface area contributed by atoms with Gasteiger partial charge in [0.1, 0.15) is 11.1 Å². The molecule has 1 aromatic rings. The quantitative estimate of drug-likeness (QED) is 0.849. The molecule has 1 N–H and O–H groups in total. The largest absolute Gasteiger partial charge is 0.393 e. The Morgan fingerprint density at radius 3 is 3.14 bits per heavy atom. The molecule has 2 rings (SSSR count). The van der Waals surface area contributed by atoms with Gasteiger partial charge in [-0.1, -0.05) is 0 Å². The summed E-state index contributed by atoms with van der Waals surface area (Å²) in [6.45, 7) is 2.04. The molecule has 14 heavy (non-hydrogen) atoms. The van der Waals surface area contributed by atoms with Gasteiger partial charge in [-0.15, -0.1) is 11.3 Å². The molecule has 0 saturated carbocycles. The first-order valence-electron chi connectivity index (χ1n) is 4.53. The first kappa shape index (κ1) is 10.8. The van der Waals surface area contributed by atoms with Crippen molar-refractivity contribution in [3.05, 3.63) is 14.1 Å². The van der Waals surface area contributed by atoms with Crippen molar-refractivity contribution in [1.82, 2.24) is 4.98 Å². The highest BCUT2D eigenvalue weighted by molar-refractivity contribution is 14.1. The van der Waals surface area contributed by atoms with E-state index in [1.54, 1.807) is 11.3 Å². The Balaban J connectivity index is 2.09. The number of nitrogens with zero attached hydrogens (tertiary/aromatic N) is 1. The molecular formula is C9H12INO2S. The van der Waals surface area contributed by atoms with Gasteiger partial charge >= 0.3 is 0 Å². The Hall–Kier alpha value is 0.280. The molecule has 5 heteroatoms. The molecule has 0 amide bonds. The van der Waals surface area contributed by atoms with Crippen LogP contribution in [0.25, 0.3) is 0 Å². The maximum Gasteiger partial charge on any atom is 0.123 e. The van der Waals surface area contributed by atoms with Crippen LogP contribution in [0.4, 0.5) is 0 Å². The molecule has 2 heterocycles. The number of halogens is 1. The van der Waals surface area contributed by atoms with Crippen molar-refractivity contribution in [3.63, 3.8) is 0 Å². The number of hydrogen-bond donors (Lipinski definition) is 1. The molecular weight excluding hydrogens is 313 g/mol. The molecule has 2 unspecified atom stereocenters. The van der Waals surface area contributed by atoms with Gasteiger partial charge < -0.3 is 9.84 Å². The zero-order chi connectivity index (χ0) is 10.2. The first-order valence-corrected chi connectivity index (χ1v) is 6.42. The van der Waals surface area contributed by atoms with E-state index in [0.29, 0.717) is 0 Å². The van der Waals surface area contributed by atoms with E-state index < -0.39 is 0 Å². The highest BCUT2D eigenvalue weighted by atomic mass is 127. The van der Waals surface area contributed by atoms with Gasteiger partial charge in [0.05, 0.1) is 21.3 Å². The van der Waals surface area contributed by atoms with E-state index >= 15 is 0 Å². The molecule has 0 aromatic carbocycles. The molecule has 1 aromatic heterocycles. The Labute approximate surface area is 101 Å². The number of thiazole rings is 1. The summed E-state index contributed by atoms with van der Waals surface area (Å²) >= 11 is 3.92. The summed E-state index contributed by atoms with van der Waals surface area (Å²) in [7, 11) is 0. The SMILES string of the molecule is CC1(CO)CCC(c2ncc(I)s2)O1. The third kappa shape index (κ3) is 2.10. The van der Waals surface area contributed by atoms with Crippen molar-refractivity contribution in [2.75, 3.05) is 6.61 Å². The second-order valence-electron chi connectivity index (χ2n) is 3.76. The maximum atomic E-state index is 9.15. The normalized spacial score (nSPS) is 32.4. The molecule has 3 nitrogen and oxygen atoms in total. The van der Waals surface area contributed by atoms with Crippen molar-refractivity contribution in [1.29, 1.82) is 0 Å². The highest BCUT2D eigenvalue weighted by Crippen LogP contribution is 2.40.